The Hall–Kier alpha value is -3.40. The van der Waals surface area contributed by atoms with Gasteiger partial charge in [0.15, 0.2) is 6.29 Å². The van der Waals surface area contributed by atoms with Gasteiger partial charge in [0, 0.05) is 23.5 Å². The van der Waals surface area contributed by atoms with Gasteiger partial charge in [0.1, 0.15) is 31.0 Å². The van der Waals surface area contributed by atoms with Gasteiger partial charge >= 0.3 is 11.9 Å². The number of dihydropyridines is 1. The van der Waals surface area contributed by atoms with Crippen molar-refractivity contribution in [3.8, 4) is 0 Å². The number of esters is 2. The number of nitrogens with zero attached hydrogens (tertiary/aromatic N) is 1. The Morgan fingerprint density at radius 1 is 1.05 bits per heavy atom. The monoisotopic (exact) mass is 538 g/mol. The van der Waals surface area contributed by atoms with Crippen molar-refractivity contribution >= 4 is 17.6 Å². The Kier molecular flexibility index (Phi) is 9.54. The summed E-state index contributed by atoms with van der Waals surface area (Å²) in [5.74, 6) is -2.63. The zero-order valence-electron chi connectivity index (χ0n) is 20.9. The van der Waals surface area contributed by atoms with Crippen LogP contribution >= 0.6 is 0 Å². The summed E-state index contributed by atoms with van der Waals surface area (Å²) >= 11 is 0. The van der Waals surface area contributed by atoms with Crippen molar-refractivity contribution in [3.63, 3.8) is 0 Å². The lowest BCUT2D eigenvalue weighted by molar-refractivity contribution is -0.384. The van der Waals surface area contributed by atoms with Gasteiger partial charge in [-0.2, -0.15) is 0 Å². The zero-order valence-corrected chi connectivity index (χ0v) is 20.9. The molecule has 0 bridgehead atoms. The molecule has 208 valence electrons. The number of aliphatic hydroxyl groups is 4. The summed E-state index contributed by atoms with van der Waals surface area (Å²) in [4.78, 5) is 36.7. The topological polar surface area (TPSA) is 207 Å². The first-order valence-electron chi connectivity index (χ1n) is 11.6. The molecule has 1 fully saturated rings. The second kappa shape index (κ2) is 12.4. The van der Waals surface area contributed by atoms with Crippen LogP contribution in [0.15, 0.2) is 46.8 Å². The molecule has 6 atom stereocenters. The number of ether oxygens (including phenoxy) is 4. The molecular weight excluding hydrogens is 508 g/mol. The maximum absolute atomic E-state index is 13.2. The van der Waals surface area contributed by atoms with Crippen LogP contribution in [0.25, 0.3) is 0 Å². The summed E-state index contributed by atoms with van der Waals surface area (Å²) in [7, 11) is 1.17. The van der Waals surface area contributed by atoms with Gasteiger partial charge in [-0.15, -0.1) is 0 Å². The van der Waals surface area contributed by atoms with Gasteiger partial charge in [-0.1, -0.05) is 12.1 Å². The second-order valence-corrected chi connectivity index (χ2v) is 8.68. The van der Waals surface area contributed by atoms with E-state index in [-0.39, 0.29) is 30.0 Å². The van der Waals surface area contributed by atoms with E-state index in [1.165, 1.54) is 25.3 Å². The van der Waals surface area contributed by atoms with Crippen molar-refractivity contribution in [3.05, 3.63) is 62.5 Å². The third kappa shape index (κ3) is 6.01. The van der Waals surface area contributed by atoms with E-state index < -0.39 is 60.1 Å². The number of aliphatic hydroxyl groups excluding tert-OH is 4. The van der Waals surface area contributed by atoms with Gasteiger partial charge in [0.25, 0.3) is 5.69 Å². The molecule has 1 saturated heterocycles. The Balaban J connectivity index is 1.78. The molecule has 14 heteroatoms. The molecule has 0 spiro atoms. The minimum Gasteiger partial charge on any atom is -0.466 e. The van der Waals surface area contributed by atoms with E-state index >= 15 is 0 Å². The summed E-state index contributed by atoms with van der Waals surface area (Å²) in [6.45, 7) is 1.92. The van der Waals surface area contributed by atoms with E-state index in [1.54, 1.807) is 19.9 Å². The summed E-state index contributed by atoms with van der Waals surface area (Å²) in [5.41, 5.74) is 0.901. The standard InChI is InChI=1S/C24H30N2O12/c1-11-16(22(31)35-3)18(13-5-4-6-14(9-13)26(33)34)17(12(2)25-11)23(32)36-7-8-37-24-21(30)20(29)19(28)15(10-27)38-24/h4-6,9,15,18-21,24-25,27-30H,7-8,10H2,1-3H3/t15-,18?,19-,20+,21-,24-/m1/s1. The van der Waals surface area contributed by atoms with E-state index in [1.807, 2.05) is 0 Å². The largest absolute Gasteiger partial charge is 0.466 e. The first-order chi connectivity index (χ1) is 18.0. The number of hydrogen-bond acceptors (Lipinski definition) is 13. The lowest BCUT2D eigenvalue weighted by Crippen LogP contribution is -2.59. The highest BCUT2D eigenvalue weighted by molar-refractivity contribution is 5.99. The van der Waals surface area contributed by atoms with Crippen molar-refractivity contribution in [2.75, 3.05) is 26.9 Å². The Bertz CT molecular complexity index is 1130. The summed E-state index contributed by atoms with van der Waals surface area (Å²) < 4.78 is 20.8. The predicted molar refractivity (Wildman–Crippen MR) is 127 cm³/mol. The van der Waals surface area contributed by atoms with E-state index in [2.05, 4.69) is 5.32 Å². The average molecular weight is 539 g/mol. The van der Waals surface area contributed by atoms with Gasteiger partial charge in [0.05, 0.1) is 42.3 Å². The predicted octanol–water partition coefficient (Wildman–Crippen LogP) is -0.638. The minimum absolute atomic E-state index is 0.0179. The van der Waals surface area contributed by atoms with Crippen molar-refractivity contribution in [2.24, 2.45) is 0 Å². The van der Waals surface area contributed by atoms with Gasteiger partial charge in [0.2, 0.25) is 0 Å². The van der Waals surface area contributed by atoms with E-state index in [4.69, 9.17) is 18.9 Å². The lowest BCUT2D eigenvalue weighted by Gasteiger charge is -2.39. The number of carbonyl (C=O) groups is 2. The quantitative estimate of drug-likeness (QED) is 0.115. The average Bonchev–Trinajstić information content (AvgIpc) is 2.89. The fourth-order valence-electron chi connectivity index (χ4n) is 4.38. The van der Waals surface area contributed by atoms with Gasteiger partial charge < -0.3 is 44.7 Å². The number of nitro benzene ring substituents is 1. The molecule has 2 aliphatic heterocycles. The lowest BCUT2D eigenvalue weighted by atomic mass is 9.80. The number of allylic oxidation sites excluding steroid dienone is 2. The molecule has 0 saturated carbocycles. The van der Waals surface area contributed by atoms with Crippen LogP contribution in [-0.2, 0) is 28.5 Å². The van der Waals surface area contributed by atoms with E-state index in [9.17, 15) is 40.1 Å². The molecule has 3 rings (SSSR count). The molecule has 5 N–H and O–H groups in total. The molecular formula is C24H30N2O12. The van der Waals surface area contributed by atoms with Crippen LogP contribution in [-0.4, -0.2) is 94.9 Å². The number of methoxy groups -OCH3 is 1. The van der Waals surface area contributed by atoms with Gasteiger partial charge in [-0.3, -0.25) is 10.1 Å². The number of benzene rings is 1. The van der Waals surface area contributed by atoms with Crippen LogP contribution in [0, 0.1) is 10.1 Å². The highest BCUT2D eigenvalue weighted by atomic mass is 16.7. The number of rotatable bonds is 9. The van der Waals surface area contributed by atoms with Crippen molar-refractivity contribution in [1.82, 2.24) is 5.32 Å². The molecule has 38 heavy (non-hydrogen) atoms. The maximum atomic E-state index is 13.2. The Morgan fingerprint density at radius 2 is 1.71 bits per heavy atom. The highest BCUT2D eigenvalue weighted by Gasteiger charge is 2.44. The number of carbonyl (C=O) groups excluding carboxylic acids is 2. The van der Waals surface area contributed by atoms with Crippen molar-refractivity contribution in [2.45, 2.75) is 50.5 Å². The number of nitro groups is 1. The number of hydrogen-bond donors (Lipinski definition) is 5. The Labute approximate surface area is 217 Å². The van der Waals surface area contributed by atoms with Crippen LogP contribution < -0.4 is 5.32 Å². The second-order valence-electron chi connectivity index (χ2n) is 8.68. The SMILES string of the molecule is COC(=O)C1=C(C)NC(C)=C(C(=O)OCCO[C@@H]2O[C@H](CO)[C@@H](O)[C@H](O)[C@H]2O)C1c1cccc([N+](=O)[O-])c1. The van der Waals surface area contributed by atoms with Crippen LogP contribution in [0.3, 0.4) is 0 Å². The molecule has 2 aliphatic rings. The molecule has 1 aromatic rings. The molecule has 0 aliphatic carbocycles. The van der Waals surface area contributed by atoms with Crippen LogP contribution in [0.2, 0.25) is 0 Å². The molecule has 0 radical (unpaired) electrons. The minimum atomic E-state index is -1.63. The van der Waals surface area contributed by atoms with Crippen molar-refractivity contribution in [1.29, 1.82) is 0 Å². The fourth-order valence-corrected chi connectivity index (χ4v) is 4.38. The van der Waals surface area contributed by atoms with Crippen molar-refractivity contribution < 1.29 is 53.9 Å². The maximum Gasteiger partial charge on any atom is 0.336 e. The van der Waals surface area contributed by atoms with Gasteiger partial charge in [-0.25, -0.2) is 9.59 Å². The summed E-state index contributed by atoms with van der Waals surface area (Å²) in [5, 5.41) is 53.3. The summed E-state index contributed by atoms with van der Waals surface area (Å²) in [6.07, 6.45) is -7.37. The van der Waals surface area contributed by atoms with E-state index in [0.29, 0.717) is 17.0 Å². The first kappa shape index (κ1) is 29.2. The highest BCUT2D eigenvalue weighted by Crippen LogP contribution is 2.40. The number of nitrogens with one attached hydrogen (secondary N) is 1. The summed E-state index contributed by atoms with van der Waals surface area (Å²) in [6, 6.07) is 5.52. The third-order valence-corrected chi connectivity index (χ3v) is 6.25. The third-order valence-electron chi connectivity index (χ3n) is 6.25. The normalized spacial score (nSPS) is 27.6. The molecule has 1 unspecified atom stereocenters. The molecule has 0 amide bonds. The molecule has 2 heterocycles. The smallest absolute Gasteiger partial charge is 0.336 e. The van der Waals surface area contributed by atoms with Crippen LogP contribution in [0.5, 0.6) is 0 Å². The zero-order chi connectivity index (χ0) is 28.1. The Morgan fingerprint density at radius 3 is 2.32 bits per heavy atom. The van der Waals surface area contributed by atoms with E-state index in [0.717, 1.165) is 0 Å². The first-order valence-corrected chi connectivity index (χ1v) is 11.6. The van der Waals surface area contributed by atoms with Gasteiger partial charge in [-0.05, 0) is 19.4 Å². The fraction of sp³-hybridized carbons (Fsp3) is 0.500. The molecule has 0 aromatic heterocycles. The van der Waals surface area contributed by atoms with Crippen LogP contribution in [0.4, 0.5) is 5.69 Å². The van der Waals surface area contributed by atoms with Crippen LogP contribution in [0.1, 0.15) is 25.3 Å². The molecule has 1 aromatic carbocycles. The number of non-ortho nitro benzene ring substituents is 1. The molecule has 14 nitrogen and oxygen atoms in total.